The van der Waals surface area contributed by atoms with Crippen molar-refractivity contribution in [1.82, 2.24) is 4.90 Å². The van der Waals surface area contributed by atoms with E-state index in [1.807, 2.05) is 0 Å². The first kappa shape index (κ1) is 14.3. The Morgan fingerprint density at radius 2 is 1.14 bits per heavy atom. The first-order chi connectivity index (χ1) is 10.1. The number of likely N-dealkylation sites (tertiary alicyclic amines) is 1. The summed E-state index contributed by atoms with van der Waals surface area (Å²) in [5.74, 6) is 0. The van der Waals surface area contributed by atoms with E-state index in [4.69, 9.17) is 0 Å². The lowest BCUT2D eigenvalue weighted by atomic mass is 9.64. The minimum atomic E-state index is 0.147. The third kappa shape index (κ3) is 2.51. The molecular formula is C20H25N. The molecule has 1 aliphatic heterocycles. The summed E-state index contributed by atoms with van der Waals surface area (Å²) >= 11 is 0. The van der Waals surface area contributed by atoms with Crippen molar-refractivity contribution < 1.29 is 0 Å². The maximum absolute atomic E-state index is 2.52. The second-order valence-electron chi connectivity index (χ2n) is 6.59. The molecule has 0 aromatic heterocycles. The summed E-state index contributed by atoms with van der Waals surface area (Å²) in [5.41, 5.74) is 3.07. The highest BCUT2D eigenvalue weighted by molar-refractivity contribution is 5.40. The van der Waals surface area contributed by atoms with Gasteiger partial charge in [0.2, 0.25) is 0 Å². The molecule has 1 nitrogen and oxygen atoms in total. The third-order valence-electron chi connectivity index (χ3n) is 5.33. The second kappa shape index (κ2) is 5.65. The summed E-state index contributed by atoms with van der Waals surface area (Å²) in [6, 6.07) is 23.3. The number of hydrogen-bond acceptors (Lipinski definition) is 1. The van der Waals surface area contributed by atoms with Gasteiger partial charge >= 0.3 is 0 Å². The zero-order valence-corrected chi connectivity index (χ0v) is 13.3. The Labute approximate surface area is 128 Å². The van der Waals surface area contributed by atoms with Gasteiger partial charge in [0.25, 0.3) is 0 Å². The molecular weight excluding hydrogens is 254 g/mol. The maximum atomic E-state index is 2.52. The average molecular weight is 279 g/mol. The quantitative estimate of drug-likeness (QED) is 0.783. The molecule has 110 valence electrons. The van der Waals surface area contributed by atoms with Crippen molar-refractivity contribution in [2.75, 3.05) is 7.05 Å². The lowest BCUT2D eigenvalue weighted by Crippen LogP contribution is -2.51. The molecule has 0 unspecified atom stereocenters. The number of nitrogens with zero attached hydrogens (tertiary/aromatic N) is 1. The van der Waals surface area contributed by atoms with Gasteiger partial charge in [0.1, 0.15) is 0 Å². The standard InChI is InChI=1S/C20H25N/c1-16-14-20(15-17(2)21(16)3,18-10-6-4-7-11-18)19-12-8-5-9-13-19/h4-13,16-17H,14-15H2,1-3H3/t16-,17+. The van der Waals surface area contributed by atoms with E-state index < -0.39 is 0 Å². The van der Waals surface area contributed by atoms with Crippen molar-refractivity contribution in [2.45, 2.75) is 44.2 Å². The van der Waals surface area contributed by atoms with Crippen LogP contribution in [0.4, 0.5) is 0 Å². The average Bonchev–Trinajstić information content (AvgIpc) is 2.54. The minimum absolute atomic E-state index is 0.147. The van der Waals surface area contributed by atoms with Crippen LogP contribution in [0, 0.1) is 0 Å². The Morgan fingerprint density at radius 1 is 0.762 bits per heavy atom. The van der Waals surface area contributed by atoms with Gasteiger partial charge in [-0.05, 0) is 44.9 Å². The topological polar surface area (TPSA) is 3.24 Å². The van der Waals surface area contributed by atoms with E-state index in [1.54, 1.807) is 0 Å². The third-order valence-corrected chi connectivity index (χ3v) is 5.33. The van der Waals surface area contributed by atoms with Crippen LogP contribution in [0.2, 0.25) is 0 Å². The van der Waals surface area contributed by atoms with Crippen LogP contribution in [0.5, 0.6) is 0 Å². The van der Waals surface area contributed by atoms with E-state index in [2.05, 4.69) is 86.5 Å². The molecule has 0 aliphatic carbocycles. The molecule has 1 heteroatoms. The Morgan fingerprint density at radius 3 is 1.52 bits per heavy atom. The molecule has 0 N–H and O–H groups in total. The fraction of sp³-hybridized carbons (Fsp3) is 0.400. The Bertz CT molecular complexity index is 522. The fourth-order valence-corrected chi connectivity index (χ4v) is 3.97. The summed E-state index contributed by atoms with van der Waals surface area (Å²) in [6.45, 7) is 4.71. The van der Waals surface area contributed by atoms with E-state index in [0.29, 0.717) is 12.1 Å². The highest BCUT2D eigenvalue weighted by Gasteiger charge is 2.42. The molecule has 1 aliphatic rings. The summed E-state index contributed by atoms with van der Waals surface area (Å²) in [4.78, 5) is 2.52. The van der Waals surface area contributed by atoms with Crippen LogP contribution in [0.1, 0.15) is 37.8 Å². The molecule has 1 heterocycles. The summed E-state index contributed by atoms with van der Waals surface area (Å²) in [6.07, 6.45) is 2.36. The van der Waals surface area contributed by atoms with Crippen molar-refractivity contribution in [1.29, 1.82) is 0 Å². The molecule has 1 fully saturated rings. The van der Waals surface area contributed by atoms with Gasteiger partial charge in [-0.15, -0.1) is 0 Å². The van der Waals surface area contributed by atoms with Crippen LogP contribution in [-0.4, -0.2) is 24.0 Å². The van der Waals surface area contributed by atoms with E-state index in [-0.39, 0.29) is 5.41 Å². The van der Waals surface area contributed by atoms with Gasteiger partial charge in [-0.1, -0.05) is 60.7 Å². The molecule has 3 rings (SSSR count). The van der Waals surface area contributed by atoms with Crippen molar-refractivity contribution in [3.63, 3.8) is 0 Å². The molecule has 21 heavy (non-hydrogen) atoms. The van der Waals surface area contributed by atoms with Gasteiger partial charge in [0, 0.05) is 17.5 Å². The predicted octanol–water partition coefficient (Wildman–Crippen LogP) is 4.48. The number of hydrogen-bond donors (Lipinski definition) is 0. The summed E-state index contributed by atoms with van der Waals surface area (Å²) in [5, 5.41) is 0. The zero-order chi connectivity index (χ0) is 14.9. The lowest BCUT2D eigenvalue weighted by Gasteiger charge is -2.49. The minimum Gasteiger partial charge on any atom is -0.301 e. The first-order valence-corrected chi connectivity index (χ1v) is 7.96. The van der Waals surface area contributed by atoms with E-state index in [0.717, 1.165) is 0 Å². The maximum Gasteiger partial charge on any atom is 0.0232 e. The monoisotopic (exact) mass is 279 g/mol. The van der Waals surface area contributed by atoms with Crippen LogP contribution in [0.25, 0.3) is 0 Å². The Kier molecular flexibility index (Phi) is 3.86. The molecule has 2 atom stereocenters. The van der Waals surface area contributed by atoms with Gasteiger partial charge < -0.3 is 4.90 Å². The number of benzene rings is 2. The molecule has 0 saturated carbocycles. The van der Waals surface area contributed by atoms with Crippen molar-refractivity contribution in [3.8, 4) is 0 Å². The molecule has 0 radical (unpaired) electrons. The second-order valence-corrected chi connectivity index (χ2v) is 6.59. The molecule has 0 spiro atoms. The highest BCUT2D eigenvalue weighted by Crippen LogP contribution is 2.45. The van der Waals surface area contributed by atoms with Gasteiger partial charge in [0.15, 0.2) is 0 Å². The van der Waals surface area contributed by atoms with Crippen LogP contribution in [0.15, 0.2) is 60.7 Å². The van der Waals surface area contributed by atoms with Crippen molar-refractivity contribution in [2.24, 2.45) is 0 Å². The number of rotatable bonds is 2. The summed E-state index contributed by atoms with van der Waals surface area (Å²) < 4.78 is 0. The van der Waals surface area contributed by atoms with E-state index in [1.165, 1.54) is 24.0 Å². The molecule has 0 bridgehead atoms. The molecule has 1 saturated heterocycles. The van der Waals surface area contributed by atoms with Gasteiger partial charge in [-0.2, -0.15) is 0 Å². The van der Waals surface area contributed by atoms with Crippen molar-refractivity contribution in [3.05, 3.63) is 71.8 Å². The fourth-order valence-electron chi connectivity index (χ4n) is 3.97. The largest absolute Gasteiger partial charge is 0.301 e. The van der Waals surface area contributed by atoms with Crippen LogP contribution < -0.4 is 0 Å². The van der Waals surface area contributed by atoms with E-state index >= 15 is 0 Å². The molecule has 0 amide bonds. The smallest absolute Gasteiger partial charge is 0.0232 e. The Balaban J connectivity index is 2.13. The van der Waals surface area contributed by atoms with Gasteiger partial charge in [-0.3, -0.25) is 0 Å². The first-order valence-electron chi connectivity index (χ1n) is 7.96. The summed E-state index contributed by atoms with van der Waals surface area (Å²) in [7, 11) is 2.26. The zero-order valence-electron chi connectivity index (χ0n) is 13.3. The highest BCUT2D eigenvalue weighted by atomic mass is 15.2. The molecule has 2 aromatic carbocycles. The number of piperidine rings is 1. The van der Waals surface area contributed by atoms with E-state index in [9.17, 15) is 0 Å². The van der Waals surface area contributed by atoms with Gasteiger partial charge in [0.05, 0.1) is 0 Å². The SMILES string of the molecule is C[C@@H]1CC(c2ccccc2)(c2ccccc2)C[C@H](C)N1C. The van der Waals surface area contributed by atoms with Crippen LogP contribution in [-0.2, 0) is 5.41 Å². The van der Waals surface area contributed by atoms with Gasteiger partial charge in [-0.25, -0.2) is 0 Å². The lowest BCUT2D eigenvalue weighted by molar-refractivity contribution is 0.0936. The van der Waals surface area contributed by atoms with Crippen LogP contribution >= 0.6 is 0 Å². The van der Waals surface area contributed by atoms with Crippen molar-refractivity contribution >= 4 is 0 Å². The predicted molar refractivity (Wildman–Crippen MR) is 89.6 cm³/mol. The normalized spacial score (nSPS) is 25.7. The molecule has 2 aromatic rings. The van der Waals surface area contributed by atoms with Crippen LogP contribution in [0.3, 0.4) is 0 Å². The Hall–Kier alpha value is -1.60.